The highest BCUT2D eigenvalue weighted by atomic mass is 16.5. The van der Waals surface area contributed by atoms with Gasteiger partial charge in [0.1, 0.15) is 12.0 Å². The van der Waals surface area contributed by atoms with Gasteiger partial charge < -0.3 is 9.15 Å². The maximum atomic E-state index is 11.3. The van der Waals surface area contributed by atoms with Crippen molar-refractivity contribution >= 4 is 5.97 Å². The molecule has 0 saturated heterocycles. The van der Waals surface area contributed by atoms with Crippen LogP contribution in [0.1, 0.15) is 30.0 Å². The Labute approximate surface area is 77.7 Å². The molecule has 1 rings (SSSR count). The summed E-state index contributed by atoms with van der Waals surface area (Å²) in [5.74, 6) is 0.763. The summed E-state index contributed by atoms with van der Waals surface area (Å²) in [5, 5.41) is 0. The molecular weight excluding hydrogens is 168 g/mol. The van der Waals surface area contributed by atoms with Gasteiger partial charge >= 0.3 is 5.97 Å². The summed E-state index contributed by atoms with van der Waals surface area (Å²) in [4.78, 5) is 11.3. The number of carbonyl (C=O) groups excluding carboxylic acids is 1. The molecule has 0 atom stereocenters. The molecule has 0 saturated carbocycles. The summed E-state index contributed by atoms with van der Waals surface area (Å²) >= 11 is 0. The quantitative estimate of drug-likeness (QED) is 0.674. The van der Waals surface area contributed by atoms with Crippen molar-refractivity contribution < 1.29 is 13.9 Å². The number of rotatable bonds is 3. The van der Waals surface area contributed by atoms with E-state index in [0.29, 0.717) is 18.1 Å². The van der Waals surface area contributed by atoms with E-state index >= 15 is 0 Å². The predicted octanol–water partition coefficient (Wildman–Crippen LogP) is 2.40. The number of carbonyl (C=O) groups is 1. The zero-order valence-electron chi connectivity index (χ0n) is 8.16. The number of hydrogen-bond donors (Lipinski definition) is 0. The van der Waals surface area contributed by atoms with Crippen molar-refractivity contribution in [2.45, 2.75) is 20.8 Å². The van der Waals surface area contributed by atoms with Crippen LogP contribution in [0.25, 0.3) is 0 Å². The molecule has 0 aliphatic carbocycles. The van der Waals surface area contributed by atoms with E-state index in [2.05, 4.69) is 0 Å². The van der Waals surface area contributed by atoms with Gasteiger partial charge in [0, 0.05) is 0 Å². The minimum atomic E-state index is -0.314. The van der Waals surface area contributed by atoms with Crippen LogP contribution in [0, 0.1) is 12.8 Å². The van der Waals surface area contributed by atoms with E-state index in [9.17, 15) is 4.79 Å². The third-order valence-electron chi connectivity index (χ3n) is 1.51. The molecular formula is C10H14O3. The molecule has 3 heteroatoms. The lowest BCUT2D eigenvalue weighted by molar-refractivity contribution is 0.0458. The molecule has 1 aromatic rings. The van der Waals surface area contributed by atoms with Crippen molar-refractivity contribution in [3.63, 3.8) is 0 Å². The Morgan fingerprint density at radius 2 is 2.31 bits per heavy atom. The lowest BCUT2D eigenvalue weighted by atomic mass is 10.2. The van der Waals surface area contributed by atoms with E-state index in [-0.39, 0.29) is 5.97 Å². The third kappa shape index (κ3) is 2.93. The summed E-state index contributed by atoms with van der Waals surface area (Å²) in [6.07, 6.45) is 1.41. The van der Waals surface area contributed by atoms with E-state index in [1.165, 1.54) is 6.26 Å². The van der Waals surface area contributed by atoms with Crippen molar-refractivity contribution in [1.82, 2.24) is 0 Å². The minimum Gasteiger partial charge on any atom is -0.469 e. The molecule has 0 fully saturated rings. The first-order valence-corrected chi connectivity index (χ1v) is 4.32. The lowest BCUT2D eigenvalue weighted by Crippen LogP contribution is -2.09. The first-order valence-electron chi connectivity index (χ1n) is 4.32. The minimum absolute atomic E-state index is 0.314. The van der Waals surface area contributed by atoms with Gasteiger partial charge in [-0.25, -0.2) is 4.79 Å². The van der Waals surface area contributed by atoms with Crippen LogP contribution in [-0.2, 0) is 4.74 Å². The van der Waals surface area contributed by atoms with Crippen LogP contribution >= 0.6 is 0 Å². The molecule has 0 bridgehead atoms. The van der Waals surface area contributed by atoms with Gasteiger partial charge in [-0.05, 0) is 18.9 Å². The molecule has 3 nitrogen and oxygen atoms in total. The Hall–Kier alpha value is -1.25. The van der Waals surface area contributed by atoms with Gasteiger partial charge in [-0.3, -0.25) is 0 Å². The van der Waals surface area contributed by atoms with Crippen molar-refractivity contribution in [2.75, 3.05) is 6.61 Å². The van der Waals surface area contributed by atoms with Crippen LogP contribution < -0.4 is 0 Å². The van der Waals surface area contributed by atoms with Gasteiger partial charge in [0.15, 0.2) is 0 Å². The van der Waals surface area contributed by atoms with Gasteiger partial charge in [-0.2, -0.15) is 0 Å². The molecule has 0 aliphatic rings. The molecule has 13 heavy (non-hydrogen) atoms. The molecule has 0 amide bonds. The van der Waals surface area contributed by atoms with E-state index in [1.807, 2.05) is 13.8 Å². The van der Waals surface area contributed by atoms with Crippen LogP contribution in [0.15, 0.2) is 16.7 Å². The molecule has 0 unspecified atom stereocenters. The summed E-state index contributed by atoms with van der Waals surface area (Å²) in [6, 6.07) is 1.67. The predicted molar refractivity (Wildman–Crippen MR) is 48.6 cm³/mol. The van der Waals surface area contributed by atoms with Crippen molar-refractivity contribution in [1.29, 1.82) is 0 Å². The summed E-state index contributed by atoms with van der Waals surface area (Å²) < 4.78 is 10.00. The molecule has 0 spiro atoms. The smallest absolute Gasteiger partial charge is 0.341 e. The molecule has 1 aromatic heterocycles. The van der Waals surface area contributed by atoms with Gasteiger partial charge in [0.25, 0.3) is 0 Å². The number of furan rings is 1. The normalized spacial score (nSPS) is 10.5. The highest BCUT2D eigenvalue weighted by Gasteiger charge is 2.10. The van der Waals surface area contributed by atoms with Crippen LogP contribution in [0.2, 0.25) is 0 Å². The fourth-order valence-corrected chi connectivity index (χ4v) is 0.876. The van der Waals surface area contributed by atoms with E-state index in [0.717, 1.165) is 5.76 Å². The highest BCUT2D eigenvalue weighted by Crippen LogP contribution is 2.08. The standard InChI is InChI=1S/C10H14O3/c1-7(2)5-13-10(11)9-4-8(3)12-6-9/h4,6-7H,5H2,1-3H3. The summed E-state index contributed by atoms with van der Waals surface area (Å²) in [6.45, 7) is 6.23. The van der Waals surface area contributed by atoms with Crippen LogP contribution in [-0.4, -0.2) is 12.6 Å². The first kappa shape index (κ1) is 9.84. The Bertz CT molecular complexity index is 286. The fourth-order valence-electron chi connectivity index (χ4n) is 0.876. The first-order chi connectivity index (χ1) is 6.09. The Balaban J connectivity index is 2.49. The SMILES string of the molecule is Cc1cc(C(=O)OCC(C)C)co1. The maximum absolute atomic E-state index is 11.3. The second-order valence-corrected chi connectivity index (χ2v) is 3.44. The second-order valence-electron chi connectivity index (χ2n) is 3.44. The van der Waals surface area contributed by atoms with Crippen LogP contribution in [0.4, 0.5) is 0 Å². The molecule has 0 N–H and O–H groups in total. The van der Waals surface area contributed by atoms with Crippen molar-refractivity contribution in [2.24, 2.45) is 5.92 Å². The molecule has 72 valence electrons. The maximum Gasteiger partial charge on any atom is 0.341 e. The van der Waals surface area contributed by atoms with Gasteiger partial charge in [0.2, 0.25) is 0 Å². The average molecular weight is 182 g/mol. The molecule has 0 radical (unpaired) electrons. The fraction of sp³-hybridized carbons (Fsp3) is 0.500. The van der Waals surface area contributed by atoms with Gasteiger partial charge in [0.05, 0.1) is 12.2 Å². The number of hydrogen-bond acceptors (Lipinski definition) is 3. The monoisotopic (exact) mass is 182 g/mol. The van der Waals surface area contributed by atoms with Crippen molar-refractivity contribution in [3.05, 3.63) is 23.7 Å². The Kier molecular flexibility index (Phi) is 3.12. The van der Waals surface area contributed by atoms with Crippen LogP contribution in [0.5, 0.6) is 0 Å². The molecule has 0 aliphatic heterocycles. The number of esters is 1. The van der Waals surface area contributed by atoms with E-state index in [4.69, 9.17) is 9.15 Å². The zero-order valence-corrected chi connectivity index (χ0v) is 8.16. The van der Waals surface area contributed by atoms with Gasteiger partial charge in [-0.15, -0.1) is 0 Å². The van der Waals surface area contributed by atoms with Crippen molar-refractivity contribution in [3.8, 4) is 0 Å². The number of ether oxygens (including phenoxy) is 1. The van der Waals surface area contributed by atoms with Crippen LogP contribution in [0.3, 0.4) is 0 Å². The third-order valence-corrected chi connectivity index (χ3v) is 1.51. The summed E-state index contributed by atoms with van der Waals surface area (Å²) in [7, 11) is 0. The Morgan fingerprint density at radius 3 is 2.77 bits per heavy atom. The topological polar surface area (TPSA) is 39.4 Å². The second kappa shape index (κ2) is 4.12. The summed E-state index contributed by atoms with van der Waals surface area (Å²) in [5.41, 5.74) is 0.484. The van der Waals surface area contributed by atoms with Gasteiger partial charge in [-0.1, -0.05) is 13.8 Å². The zero-order chi connectivity index (χ0) is 9.84. The largest absolute Gasteiger partial charge is 0.469 e. The average Bonchev–Trinajstić information content (AvgIpc) is 2.47. The van der Waals surface area contributed by atoms with E-state index in [1.54, 1.807) is 13.0 Å². The Morgan fingerprint density at radius 1 is 1.62 bits per heavy atom. The highest BCUT2D eigenvalue weighted by molar-refractivity contribution is 5.89. The van der Waals surface area contributed by atoms with E-state index < -0.39 is 0 Å². The lowest BCUT2D eigenvalue weighted by Gasteiger charge is -2.04. The molecule has 0 aromatic carbocycles. The molecule has 1 heterocycles. The number of aryl methyl sites for hydroxylation is 1.